The fourth-order valence-electron chi connectivity index (χ4n) is 7.55. The van der Waals surface area contributed by atoms with Crippen LogP contribution >= 0.6 is 0 Å². The van der Waals surface area contributed by atoms with Gasteiger partial charge in [0.05, 0.1) is 11.1 Å². The molecule has 4 atom stereocenters. The molecule has 41 heavy (non-hydrogen) atoms. The summed E-state index contributed by atoms with van der Waals surface area (Å²) in [5.74, 6) is 0.730. The summed E-state index contributed by atoms with van der Waals surface area (Å²) < 4.78 is 73.8. The van der Waals surface area contributed by atoms with Gasteiger partial charge in [0.25, 0.3) is 0 Å². The van der Waals surface area contributed by atoms with Crippen molar-refractivity contribution in [1.82, 2.24) is 28.6 Å². The standard InChI is InChI=1S/C29H37F5N6O/c1-18-5-4-10-37(13-18)14-19-11-23(29(32,33)34)24-16-38(28(41)39(24)15-19)22-9-3-8-21(12-22)25(20-6-2-7-20)26-36-35-17-40(26)27(30)31/h11,15-18,20-22,25,27H,2-10,12-14H2,1H3/t18-,21?,22?,25-/m0/s1. The number of fused-ring (bicyclic) bond motifs is 1. The largest absolute Gasteiger partial charge is 0.418 e. The lowest BCUT2D eigenvalue weighted by Gasteiger charge is -2.41. The molecular formula is C29H37F5N6O. The first kappa shape index (κ1) is 28.4. The van der Waals surface area contributed by atoms with Crippen molar-refractivity contribution in [3.8, 4) is 0 Å². The van der Waals surface area contributed by atoms with Crippen LogP contribution in [0.5, 0.6) is 0 Å². The number of hydrogen-bond acceptors (Lipinski definition) is 4. The minimum Gasteiger partial charge on any atom is -0.299 e. The molecule has 0 N–H and O–H groups in total. The smallest absolute Gasteiger partial charge is 0.299 e. The Morgan fingerprint density at radius 2 is 1.78 bits per heavy atom. The molecule has 224 valence electrons. The van der Waals surface area contributed by atoms with Crippen LogP contribution in [0.4, 0.5) is 22.0 Å². The van der Waals surface area contributed by atoms with Crippen molar-refractivity contribution in [2.45, 2.75) is 95.9 Å². The molecule has 0 radical (unpaired) electrons. The van der Waals surface area contributed by atoms with E-state index in [1.165, 1.54) is 16.8 Å². The van der Waals surface area contributed by atoms with Gasteiger partial charge in [0.15, 0.2) is 0 Å². The zero-order valence-corrected chi connectivity index (χ0v) is 23.2. The van der Waals surface area contributed by atoms with E-state index in [0.29, 0.717) is 30.9 Å². The van der Waals surface area contributed by atoms with Crippen LogP contribution in [0.15, 0.2) is 29.6 Å². The van der Waals surface area contributed by atoms with Crippen LogP contribution in [0.3, 0.4) is 0 Å². The van der Waals surface area contributed by atoms with Crippen molar-refractivity contribution in [2.75, 3.05) is 13.1 Å². The number of piperidine rings is 1. The number of hydrogen-bond donors (Lipinski definition) is 0. The molecular weight excluding hydrogens is 543 g/mol. The molecule has 0 bridgehead atoms. The van der Waals surface area contributed by atoms with Crippen molar-refractivity contribution in [1.29, 1.82) is 0 Å². The summed E-state index contributed by atoms with van der Waals surface area (Å²) in [6, 6.07) is 0.866. The van der Waals surface area contributed by atoms with Crippen LogP contribution in [-0.4, -0.2) is 41.7 Å². The highest BCUT2D eigenvalue weighted by Gasteiger charge is 2.41. The van der Waals surface area contributed by atoms with E-state index in [1.54, 1.807) is 6.20 Å². The topological polar surface area (TPSA) is 60.4 Å². The van der Waals surface area contributed by atoms with Gasteiger partial charge in [0, 0.05) is 37.4 Å². The van der Waals surface area contributed by atoms with Gasteiger partial charge in [-0.05, 0) is 80.9 Å². The third kappa shape index (κ3) is 5.56. The van der Waals surface area contributed by atoms with Gasteiger partial charge in [-0.2, -0.15) is 22.0 Å². The summed E-state index contributed by atoms with van der Waals surface area (Å²) in [7, 11) is 0. The summed E-state index contributed by atoms with van der Waals surface area (Å²) in [5, 5.41) is 7.87. The summed E-state index contributed by atoms with van der Waals surface area (Å²) in [4.78, 5) is 15.8. The Balaban J connectivity index is 1.33. The van der Waals surface area contributed by atoms with Crippen LogP contribution in [0.1, 0.15) is 100 Å². The normalized spacial score (nSPS) is 25.6. The Bertz CT molecular complexity index is 1420. The Morgan fingerprint density at radius 1 is 1.02 bits per heavy atom. The second-order valence-electron chi connectivity index (χ2n) is 12.5. The number of nitrogens with zero attached hydrogens (tertiary/aromatic N) is 6. The zero-order chi connectivity index (χ0) is 28.9. The number of likely N-dealkylation sites (tertiary alicyclic amines) is 1. The van der Waals surface area contributed by atoms with Crippen LogP contribution in [-0.2, 0) is 12.7 Å². The molecule has 1 saturated heterocycles. The molecule has 3 aromatic rings. The Hall–Kier alpha value is -2.76. The molecule has 2 unspecified atom stereocenters. The van der Waals surface area contributed by atoms with Gasteiger partial charge in [-0.15, -0.1) is 10.2 Å². The average molecular weight is 581 g/mol. The van der Waals surface area contributed by atoms with Crippen molar-refractivity contribution in [3.63, 3.8) is 0 Å². The van der Waals surface area contributed by atoms with Crippen molar-refractivity contribution in [3.05, 3.63) is 52.2 Å². The molecule has 2 saturated carbocycles. The van der Waals surface area contributed by atoms with E-state index in [2.05, 4.69) is 22.0 Å². The van der Waals surface area contributed by atoms with Gasteiger partial charge in [0.2, 0.25) is 0 Å². The molecule has 1 aliphatic heterocycles. The third-order valence-electron chi connectivity index (χ3n) is 9.66. The van der Waals surface area contributed by atoms with Crippen LogP contribution in [0, 0.1) is 17.8 Å². The van der Waals surface area contributed by atoms with Gasteiger partial charge in [0.1, 0.15) is 12.2 Å². The highest BCUT2D eigenvalue weighted by Crippen LogP contribution is 2.49. The molecule has 3 fully saturated rings. The number of halogens is 5. The van der Waals surface area contributed by atoms with Crippen molar-refractivity contribution >= 4 is 5.52 Å². The third-order valence-corrected chi connectivity index (χ3v) is 9.66. The molecule has 12 heteroatoms. The van der Waals surface area contributed by atoms with Gasteiger partial charge in [-0.3, -0.25) is 18.4 Å². The second kappa shape index (κ2) is 11.1. The first-order valence-corrected chi connectivity index (χ1v) is 14.8. The highest BCUT2D eigenvalue weighted by molar-refractivity contribution is 5.56. The number of rotatable bonds is 7. The lowest BCUT2D eigenvalue weighted by molar-refractivity contribution is -0.136. The van der Waals surface area contributed by atoms with Gasteiger partial charge in [-0.1, -0.05) is 19.8 Å². The number of aromatic nitrogens is 5. The van der Waals surface area contributed by atoms with Gasteiger partial charge < -0.3 is 0 Å². The fraction of sp³-hybridized carbons (Fsp3) is 0.690. The second-order valence-corrected chi connectivity index (χ2v) is 12.5. The predicted molar refractivity (Wildman–Crippen MR) is 143 cm³/mol. The van der Waals surface area contributed by atoms with Gasteiger partial charge >= 0.3 is 18.4 Å². The molecule has 3 aromatic heterocycles. The van der Waals surface area contributed by atoms with Crippen LogP contribution in [0.25, 0.3) is 5.52 Å². The lowest BCUT2D eigenvalue weighted by Crippen LogP contribution is -2.35. The molecule has 4 heterocycles. The molecule has 7 nitrogen and oxygen atoms in total. The summed E-state index contributed by atoms with van der Waals surface area (Å²) in [6.45, 7) is 1.40. The van der Waals surface area contributed by atoms with E-state index in [1.807, 2.05) is 0 Å². The van der Waals surface area contributed by atoms with E-state index in [4.69, 9.17) is 0 Å². The monoisotopic (exact) mass is 580 g/mol. The molecule has 0 spiro atoms. The lowest BCUT2D eigenvalue weighted by atomic mass is 9.66. The first-order chi connectivity index (χ1) is 19.6. The summed E-state index contributed by atoms with van der Waals surface area (Å²) in [5.41, 5.74) is -0.966. The number of alkyl halides is 5. The van der Waals surface area contributed by atoms with Crippen LogP contribution < -0.4 is 5.69 Å². The van der Waals surface area contributed by atoms with E-state index < -0.39 is 24.0 Å². The van der Waals surface area contributed by atoms with E-state index in [-0.39, 0.29) is 35.1 Å². The van der Waals surface area contributed by atoms with Crippen molar-refractivity contribution in [2.24, 2.45) is 17.8 Å². The SMILES string of the molecule is C[C@H]1CCCN(Cc2cc(C(F)(F)F)c3cn(C4CCCC([C@@H](c5nncn5C(F)F)C5CCC5)C4)c(=O)n3c2)C1. The predicted octanol–water partition coefficient (Wildman–Crippen LogP) is 6.65. The van der Waals surface area contributed by atoms with Gasteiger partial charge in [-0.25, -0.2) is 4.79 Å². The maximum atomic E-state index is 14.3. The fourth-order valence-corrected chi connectivity index (χ4v) is 7.55. The summed E-state index contributed by atoms with van der Waals surface area (Å²) >= 11 is 0. The summed E-state index contributed by atoms with van der Waals surface area (Å²) in [6.07, 6.45) is 7.07. The average Bonchev–Trinajstić information content (AvgIpc) is 3.50. The molecule has 3 aliphatic rings. The molecule has 6 rings (SSSR count). The molecule has 0 aromatic carbocycles. The highest BCUT2D eigenvalue weighted by atomic mass is 19.4. The van der Waals surface area contributed by atoms with E-state index in [0.717, 1.165) is 73.3 Å². The minimum absolute atomic E-state index is 0.0191. The number of imidazole rings is 1. The van der Waals surface area contributed by atoms with Crippen molar-refractivity contribution < 1.29 is 22.0 Å². The first-order valence-electron chi connectivity index (χ1n) is 14.8. The molecule has 2 aliphatic carbocycles. The Kier molecular flexibility index (Phi) is 7.71. The number of pyridine rings is 1. The Morgan fingerprint density at radius 3 is 2.46 bits per heavy atom. The molecule has 0 amide bonds. The van der Waals surface area contributed by atoms with Crippen LogP contribution in [0.2, 0.25) is 0 Å². The zero-order valence-electron chi connectivity index (χ0n) is 23.2. The Labute approximate surface area is 235 Å². The quantitative estimate of drug-likeness (QED) is 0.294. The van der Waals surface area contributed by atoms with E-state index >= 15 is 0 Å². The maximum Gasteiger partial charge on any atom is 0.418 e. The van der Waals surface area contributed by atoms with E-state index in [9.17, 15) is 26.7 Å². The maximum absolute atomic E-state index is 14.3. The minimum atomic E-state index is -4.61.